The number of amides is 1. The Morgan fingerprint density at radius 3 is 2.44 bits per heavy atom. The molecule has 0 bridgehead atoms. The van der Waals surface area contributed by atoms with Crippen LogP contribution in [0.25, 0.3) is 0 Å². The van der Waals surface area contributed by atoms with Gasteiger partial charge in [0.25, 0.3) is 0 Å². The predicted molar refractivity (Wildman–Crippen MR) is 134 cm³/mol. The topological polar surface area (TPSA) is 108 Å². The lowest BCUT2D eigenvalue weighted by Crippen LogP contribution is -2.35. The summed E-state index contributed by atoms with van der Waals surface area (Å²) in [7, 11) is -1.47. The third-order valence-corrected chi connectivity index (χ3v) is 7.02. The number of carbonyl (C=O) groups is 2. The maximum Gasteiger partial charge on any atom is 0.335 e. The number of nitrogens with one attached hydrogen (secondary N) is 3. The molecule has 0 radical (unpaired) electrons. The third-order valence-electron chi connectivity index (χ3n) is 5.90. The molecule has 4 rings (SSSR count). The van der Waals surface area contributed by atoms with E-state index in [1.807, 2.05) is 30.3 Å². The largest absolute Gasteiger partial charge is 0.478 e. The molecule has 1 heterocycles. The van der Waals surface area contributed by atoms with Gasteiger partial charge in [-0.1, -0.05) is 26.0 Å². The highest BCUT2D eigenvalue weighted by Crippen LogP contribution is 2.45. The summed E-state index contributed by atoms with van der Waals surface area (Å²) in [6.45, 7) is 5.74. The molecular weight excluding hydrogens is 450 g/mol. The highest BCUT2D eigenvalue weighted by atomic mass is 32.2. The lowest BCUT2D eigenvalue weighted by atomic mass is 9.72. The van der Waals surface area contributed by atoms with Crippen molar-refractivity contribution in [2.24, 2.45) is 5.41 Å². The first-order chi connectivity index (χ1) is 16.1. The SMILES string of the molecule is CC(=O)Nc1ccc(S(=O)Nc2cccc(C3Nc4ccc(C(=O)O)cc4CC3(C)C)c2)cc1. The number of rotatable bonds is 6. The summed E-state index contributed by atoms with van der Waals surface area (Å²) < 4.78 is 15.9. The van der Waals surface area contributed by atoms with Gasteiger partial charge in [-0.15, -0.1) is 0 Å². The van der Waals surface area contributed by atoms with Gasteiger partial charge >= 0.3 is 5.97 Å². The maximum absolute atomic E-state index is 12.9. The van der Waals surface area contributed by atoms with Crippen LogP contribution in [0.1, 0.15) is 48.3 Å². The minimum absolute atomic E-state index is 0.0113. The summed E-state index contributed by atoms with van der Waals surface area (Å²) in [5.41, 5.74) is 4.44. The zero-order valence-electron chi connectivity index (χ0n) is 19.2. The van der Waals surface area contributed by atoms with E-state index in [2.05, 4.69) is 29.2 Å². The van der Waals surface area contributed by atoms with Gasteiger partial charge in [0.15, 0.2) is 0 Å². The molecule has 0 saturated carbocycles. The molecule has 1 aliphatic rings. The van der Waals surface area contributed by atoms with Crippen molar-refractivity contribution in [3.8, 4) is 0 Å². The standard InChI is InChI=1S/C26H27N3O4S/c1-16(30)27-20-8-10-22(11-9-20)34(33)29-21-6-4-5-17(14-21)24-26(2,3)15-19-13-18(25(31)32)7-12-23(19)28-24/h4-14,24,28-29H,15H2,1-3H3,(H,27,30)(H,31,32). The Balaban J connectivity index is 1.53. The van der Waals surface area contributed by atoms with Crippen LogP contribution in [0.15, 0.2) is 71.6 Å². The first kappa shape index (κ1) is 23.5. The van der Waals surface area contributed by atoms with Crippen molar-refractivity contribution in [2.45, 2.75) is 38.1 Å². The number of hydrogen-bond donors (Lipinski definition) is 4. The van der Waals surface area contributed by atoms with Gasteiger partial charge < -0.3 is 20.5 Å². The third kappa shape index (κ3) is 5.12. The van der Waals surface area contributed by atoms with Crippen molar-refractivity contribution in [1.29, 1.82) is 0 Å². The van der Waals surface area contributed by atoms with E-state index in [-0.39, 0.29) is 22.9 Å². The number of fused-ring (bicyclic) bond motifs is 1. The zero-order valence-corrected chi connectivity index (χ0v) is 20.0. The van der Waals surface area contributed by atoms with Crippen molar-refractivity contribution < 1.29 is 18.9 Å². The lowest BCUT2D eigenvalue weighted by Gasteiger charge is -2.41. The molecule has 1 amide bonds. The molecule has 4 N–H and O–H groups in total. The van der Waals surface area contributed by atoms with Crippen molar-refractivity contribution in [1.82, 2.24) is 0 Å². The average Bonchev–Trinajstić information content (AvgIpc) is 2.77. The Kier molecular flexibility index (Phi) is 6.43. The summed E-state index contributed by atoms with van der Waals surface area (Å²) in [4.78, 5) is 23.1. The quantitative estimate of drug-likeness (QED) is 0.390. The summed E-state index contributed by atoms with van der Waals surface area (Å²) in [5.74, 6) is -1.09. The Morgan fingerprint density at radius 1 is 1.03 bits per heavy atom. The molecule has 0 spiro atoms. The molecular formula is C26H27N3O4S. The average molecular weight is 478 g/mol. The second-order valence-electron chi connectivity index (χ2n) is 9.12. The second kappa shape index (κ2) is 9.30. The molecule has 3 aromatic rings. The van der Waals surface area contributed by atoms with Crippen LogP contribution < -0.4 is 15.4 Å². The molecule has 34 heavy (non-hydrogen) atoms. The fourth-order valence-corrected chi connectivity index (χ4v) is 5.15. The Morgan fingerprint density at radius 2 is 1.76 bits per heavy atom. The number of carboxylic acids is 1. The van der Waals surface area contributed by atoms with Crippen LogP contribution in [0.3, 0.4) is 0 Å². The van der Waals surface area contributed by atoms with Gasteiger partial charge in [0.05, 0.1) is 16.5 Å². The van der Waals surface area contributed by atoms with Crippen molar-refractivity contribution in [3.63, 3.8) is 0 Å². The molecule has 3 aromatic carbocycles. The van der Waals surface area contributed by atoms with Gasteiger partial charge in [-0.05, 0) is 77.6 Å². The molecule has 0 saturated heterocycles. The van der Waals surface area contributed by atoms with Crippen LogP contribution in [0, 0.1) is 5.41 Å². The van der Waals surface area contributed by atoms with Gasteiger partial charge in [-0.2, -0.15) is 0 Å². The monoisotopic (exact) mass is 477 g/mol. The minimum atomic E-state index is -1.47. The number of anilines is 3. The number of aromatic carboxylic acids is 1. The molecule has 1 aliphatic heterocycles. The normalized spacial score (nSPS) is 17.1. The van der Waals surface area contributed by atoms with Crippen molar-refractivity contribution in [2.75, 3.05) is 15.4 Å². The van der Waals surface area contributed by atoms with Crippen LogP contribution in [0.2, 0.25) is 0 Å². The first-order valence-electron chi connectivity index (χ1n) is 10.9. The molecule has 8 heteroatoms. The van der Waals surface area contributed by atoms with E-state index in [1.54, 1.807) is 36.4 Å². The van der Waals surface area contributed by atoms with Gasteiger partial charge in [-0.25, -0.2) is 9.00 Å². The van der Waals surface area contributed by atoms with Gasteiger partial charge in [0, 0.05) is 24.0 Å². The van der Waals surface area contributed by atoms with Crippen LogP contribution in [0.4, 0.5) is 17.1 Å². The second-order valence-corrected chi connectivity index (χ2v) is 10.3. The van der Waals surface area contributed by atoms with Crippen LogP contribution >= 0.6 is 0 Å². The summed E-state index contributed by atoms with van der Waals surface area (Å²) in [6, 6.07) is 19.8. The van der Waals surface area contributed by atoms with Crippen LogP contribution in [-0.2, 0) is 22.2 Å². The van der Waals surface area contributed by atoms with E-state index in [4.69, 9.17) is 0 Å². The molecule has 7 nitrogen and oxygen atoms in total. The zero-order chi connectivity index (χ0) is 24.5. The number of hydrogen-bond acceptors (Lipinski definition) is 4. The number of benzene rings is 3. The van der Waals surface area contributed by atoms with E-state index in [0.29, 0.717) is 10.6 Å². The molecule has 2 unspecified atom stereocenters. The summed E-state index contributed by atoms with van der Waals surface area (Å²) in [6.07, 6.45) is 0.728. The number of carboxylic acid groups (broad SMARTS) is 1. The van der Waals surface area contributed by atoms with E-state index in [9.17, 15) is 18.9 Å². The van der Waals surface area contributed by atoms with Crippen LogP contribution in [-0.4, -0.2) is 21.2 Å². The fourth-order valence-electron chi connectivity index (χ4n) is 4.30. The summed E-state index contributed by atoms with van der Waals surface area (Å²) in [5, 5.41) is 15.6. The molecule has 0 aliphatic carbocycles. The van der Waals surface area contributed by atoms with E-state index in [0.717, 1.165) is 28.9 Å². The van der Waals surface area contributed by atoms with E-state index < -0.39 is 17.0 Å². The highest BCUT2D eigenvalue weighted by molar-refractivity contribution is 7.86. The smallest absolute Gasteiger partial charge is 0.335 e. The molecule has 176 valence electrons. The van der Waals surface area contributed by atoms with Gasteiger partial charge in [0.2, 0.25) is 5.91 Å². The maximum atomic E-state index is 12.9. The number of carbonyl (C=O) groups excluding carboxylic acids is 1. The molecule has 0 fully saturated rings. The minimum Gasteiger partial charge on any atom is -0.478 e. The van der Waals surface area contributed by atoms with Crippen LogP contribution in [0.5, 0.6) is 0 Å². The Labute approximate surface area is 201 Å². The fraction of sp³-hybridized carbons (Fsp3) is 0.231. The Bertz CT molecular complexity index is 1270. The highest BCUT2D eigenvalue weighted by Gasteiger charge is 2.36. The van der Waals surface area contributed by atoms with Crippen molar-refractivity contribution in [3.05, 3.63) is 83.4 Å². The molecule has 2 atom stereocenters. The van der Waals surface area contributed by atoms with E-state index in [1.165, 1.54) is 6.92 Å². The van der Waals surface area contributed by atoms with E-state index >= 15 is 0 Å². The van der Waals surface area contributed by atoms with Gasteiger partial charge in [-0.3, -0.25) is 4.79 Å². The Hall–Kier alpha value is -3.65. The predicted octanol–water partition coefficient (Wildman–Crippen LogP) is 5.21. The van der Waals surface area contributed by atoms with Crippen molar-refractivity contribution >= 4 is 39.9 Å². The lowest BCUT2D eigenvalue weighted by molar-refractivity contribution is -0.114. The summed E-state index contributed by atoms with van der Waals surface area (Å²) >= 11 is 0. The molecule has 0 aromatic heterocycles. The van der Waals surface area contributed by atoms with Gasteiger partial charge in [0.1, 0.15) is 11.0 Å². The first-order valence-corrected chi connectivity index (χ1v) is 12.1.